The van der Waals surface area contributed by atoms with Gasteiger partial charge < -0.3 is 10.1 Å². The monoisotopic (exact) mass is 333 g/mol. The Morgan fingerprint density at radius 2 is 1.95 bits per heavy atom. The van der Waals surface area contributed by atoms with Crippen LogP contribution in [0.3, 0.4) is 0 Å². The van der Waals surface area contributed by atoms with Crippen molar-refractivity contribution in [3.05, 3.63) is 64.1 Å². The van der Waals surface area contributed by atoms with Gasteiger partial charge in [-0.1, -0.05) is 24.3 Å². The Morgan fingerprint density at radius 3 is 2.65 bits per heavy atom. The fourth-order valence-corrected chi connectivity index (χ4v) is 2.38. The number of methoxy groups -OCH3 is 1. The second-order valence-corrected chi connectivity index (χ2v) is 5.31. The number of ether oxygens (including phenoxy) is 1. The predicted molar refractivity (Wildman–Crippen MR) is 83.0 cm³/mol. The van der Waals surface area contributed by atoms with Crippen LogP contribution in [0.4, 0.5) is 0 Å². The van der Waals surface area contributed by atoms with E-state index in [4.69, 9.17) is 4.74 Å². The first-order valence-electron chi connectivity index (χ1n) is 6.31. The molecule has 0 aliphatic rings. The molecule has 1 amide bonds. The minimum absolute atomic E-state index is 0.0929. The molecule has 0 radical (unpaired) electrons. The quantitative estimate of drug-likeness (QED) is 0.919. The molecule has 2 aromatic rings. The third kappa shape index (κ3) is 3.39. The Kier molecular flexibility index (Phi) is 4.79. The molecule has 1 unspecified atom stereocenters. The van der Waals surface area contributed by atoms with Crippen LogP contribution in [0, 0.1) is 0 Å². The SMILES string of the molecule is COc1cccc(C(C)NC(=O)c2ccccc2Br)c1. The first-order valence-corrected chi connectivity index (χ1v) is 7.10. The highest BCUT2D eigenvalue weighted by Crippen LogP contribution is 2.21. The van der Waals surface area contributed by atoms with E-state index in [1.54, 1.807) is 13.2 Å². The van der Waals surface area contributed by atoms with Crippen molar-refractivity contribution in [1.82, 2.24) is 5.32 Å². The molecule has 104 valence electrons. The Balaban J connectivity index is 2.13. The van der Waals surface area contributed by atoms with Crippen molar-refractivity contribution >= 4 is 21.8 Å². The van der Waals surface area contributed by atoms with Crippen molar-refractivity contribution in [3.8, 4) is 5.75 Å². The molecule has 1 N–H and O–H groups in total. The van der Waals surface area contributed by atoms with Crippen LogP contribution in [0.1, 0.15) is 28.9 Å². The van der Waals surface area contributed by atoms with E-state index in [-0.39, 0.29) is 11.9 Å². The van der Waals surface area contributed by atoms with Crippen LogP contribution in [0.15, 0.2) is 53.0 Å². The largest absolute Gasteiger partial charge is 0.497 e. The van der Waals surface area contributed by atoms with Crippen LogP contribution in [-0.4, -0.2) is 13.0 Å². The lowest BCUT2D eigenvalue weighted by Gasteiger charge is -2.15. The van der Waals surface area contributed by atoms with E-state index in [1.165, 1.54) is 0 Å². The van der Waals surface area contributed by atoms with Gasteiger partial charge in [-0.25, -0.2) is 0 Å². The molecule has 0 saturated carbocycles. The summed E-state index contributed by atoms with van der Waals surface area (Å²) in [5.74, 6) is 0.678. The molecule has 3 nitrogen and oxygen atoms in total. The third-order valence-electron chi connectivity index (χ3n) is 3.06. The van der Waals surface area contributed by atoms with Gasteiger partial charge in [-0.05, 0) is 52.7 Å². The molecule has 20 heavy (non-hydrogen) atoms. The summed E-state index contributed by atoms with van der Waals surface area (Å²) < 4.78 is 5.98. The molecular weight excluding hydrogens is 318 g/mol. The Hall–Kier alpha value is -1.81. The van der Waals surface area contributed by atoms with Gasteiger partial charge in [-0.15, -0.1) is 0 Å². The molecule has 0 saturated heterocycles. The van der Waals surface area contributed by atoms with Crippen molar-refractivity contribution in [3.63, 3.8) is 0 Å². The molecule has 0 aromatic heterocycles. The normalized spacial score (nSPS) is 11.8. The minimum Gasteiger partial charge on any atom is -0.497 e. The van der Waals surface area contributed by atoms with Gasteiger partial charge in [0, 0.05) is 4.47 Å². The average Bonchev–Trinajstić information content (AvgIpc) is 2.47. The summed E-state index contributed by atoms with van der Waals surface area (Å²) in [4.78, 5) is 12.2. The summed E-state index contributed by atoms with van der Waals surface area (Å²) in [6.07, 6.45) is 0. The van der Waals surface area contributed by atoms with Crippen molar-refractivity contribution in [2.45, 2.75) is 13.0 Å². The maximum Gasteiger partial charge on any atom is 0.252 e. The highest BCUT2D eigenvalue weighted by Gasteiger charge is 2.13. The van der Waals surface area contributed by atoms with Gasteiger partial charge in [-0.3, -0.25) is 4.79 Å². The second-order valence-electron chi connectivity index (χ2n) is 4.45. The summed E-state index contributed by atoms with van der Waals surface area (Å²) >= 11 is 3.39. The summed E-state index contributed by atoms with van der Waals surface area (Å²) in [5, 5.41) is 2.98. The topological polar surface area (TPSA) is 38.3 Å². The van der Waals surface area contributed by atoms with E-state index in [0.29, 0.717) is 5.56 Å². The van der Waals surface area contributed by atoms with E-state index in [9.17, 15) is 4.79 Å². The maximum absolute atomic E-state index is 12.2. The number of amides is 1. The number of rotatable bonds is 4. The van der Waals surface area contributed by atoms with Gasteiger partial charge in [0.1, 0.15) is 5.75 Å². The van der Waals surface area contributed by atoms with E-state index in [0.717, 1.165) is 15.8 Å². The van der Waals surface area contributed by atoms with E-state index < -0.39 is 0 Å². The second kappa shape index (κ2) is 6.57. The number of hydrogen-bond donors (Lipinski definition) is 1. The molecular formula is C16H16BrNO2. The standard InChI is InChI=1S/C16H16BrNO2/c1-11(12-6-5-7-13(10-12)20-2)18-16(19)14-8-3-4-9-15(14)17/h3-11H,1-2H3,(H,18,19). The number of nitrogens with one attached hydrogen (secondary N) is 1. The molecule has 0 aliphatic carbocycles. The molecule has 0 heterocycles. The molecule has 0 spiro atoms. The molecule has 0 fully saturated rings. The first kappa shape index (κ1) is 14.6. The highest BCUT2D eigenvalue weighted by molar-refractivity contribution is 9.10. The van der Waals surface area contributed by atoms with Gasteiger partial charge in [0.25, 0.3) is 5.91 Å². The lowest BCUT2D eigenvalue weighted by Crippen LogP contribution is -2.26. The molecule has 2 aromatic carbocycles. The van der Waals surface area contributed by atoms with Gasteiger partial charge >= 0.3 is 0 Å². The smallest absolute Gasteiger partial charge is 0.252 e. The van der Waals surface area contributed by atoms with Crippen LogP contribution >= 0.6 is 15.9 Å². The summed E-state index contributed by atoms with van der Waals surface area (Å²) in [7, 11) is 1.63. The van der Waals surface area contributed by atoms with Crippen LogP contribution in [0.2, 0.25) is 0 Å². The Bertz CT molecular complexity index is 613. The zero-order valence-corrected chi connectivity index (χ0v) is 13.0. The summed E-state index contributed by atoms with van der Waals surface area (Å²) in [5.41, 5.74) is 1.63. The lowest BCUT2D eigenvalue weighted by atomic mass is 10.1. The molecule has 4 heteroatoms. The van der Waals surface area contributed by atoms with Gasteiger partial charge in [0.15, 0.2) is 0 Å². The van der Waals surface area contributed by atoms with Crippen LogP contribution < -0.4 is 10.1 Å². The van der Waals surface area contributed by atoms with Gasteiger partial charge in [0.2, 0.25) is 0 Å². The van der Waals surface area contributed by atoms with Gasteiger partial charge in [-0.2, -0.15) is 0 Å². The number of benzene rings is 2. The summed E-state index contributed by atoms with van der Waals surface area (Å²) in [6, 6.07) is 15.0. The van der Waals surface area contributed by atoms with Gasteiger partial charge in [0.05, 0.1) is 18.7 Å². The Labute approximate surface area is 127 Å². The van der Waals surface area contributed by atoms with Crippen LogP contribution in [0.5, 0.6) is 5.75 Å². The molecule has 0 bridgehead atoms. The zero-order chi connectivity index (χ0) is 14.5. The van der Waals surface area contributed by atoms with Crippen molar-refractivity contribution in [2.75, 3.05) is 7.11 Å². The Morgan fingerprint density at radius 1 is 1.20 bits per heavy atom. The van der Waals surface area contributed by atoms with E-state index in [2.05, 4.69) is 21.2 Å². The summed E-state index contributed by atoms with van der Waals surface area (Å²) in [6.45, 7) is 1.95. The number of carbonyl (C=O) groups excluding carboxylic acids is 1. The van der Waals surface area contributed by atoms with E-state index in [1.807, 2.05) is 49.4 Å². The van der Waals surface area contributed by atoms with Crippen molar-refractivity contribution in [2.24, 2.45) is 0 Å². The fraction of sp³-hybridized carbons (Fsp3) is 0.188. The molecule has 0 aliphatic heterocycles. The number of hydrogen-bond acceptors (Lipinski definition) is 2. The first-order chi connectivity index (χ1) is 9.61. The number of carbonyl (C=O) groups is 1. The molecule has 1 atom stereocenters. The fourth-order valence-electron chi connectivity index (χ4n) is 1.91. The zero-order valence-electron chi connectivity index (χ0n) is 11.4. The highest BCUT2D eigenvalue weighted by atomic mass is 79.9. The van der Waals surface area contributed by atoms with Crippen molar-refractivity contribution in [1.29, 1.82) is 0 Å². The average molecular weight is 334 g/mol. The minimum atomic E-state index is -0.104. The maximum atomic E-state index is 12.2. The van der Waals surface area contributed by atoms with Crippen molar-refractivity contribution < 1.29 is 9.53 Å². The van der Waals surface area contributed by atoms with Crippen LogP contribution in [0.25, 0.3) is 0 Å². The predicted octanol–water partition coefficient (Wildman–Crippen LogP) is 3.95. The van der Waals surface area contributed by atoms with E-state index >= 15 is 0 Å². The molecule has 2 rings (SSSR count). The number of halogens is 1. The van der Waals surface area contributed by atoms with Crippen LogP contribution in [-0.2, 0) is 0 Å². The lowest BCUT2D eigenvalue weighted by molar-refractivity contribution is 0.0939. The third-order valence-corrected chi connectivity index (χ3v) is 3.75.